The lowest BCUT2D eigenvalue weighted by Gasteiger charge is -2.07. The number of hydrogen-bond acceptors (Lipinski definition) is 7. The summed E-state index contributed by atoms with van der Waals surface area (Å²) in [4.78, 5) is 31.3. The summed E-state index contributed by atoms with van der Waals surface area (Å²) in [7, 11) is 0. The van der Waals surface area contributed by atoms with E-state index in [2.05, 4.69) is 29.2 Å². The molecule has 1 N–H and O–H groups in total. The highest BCUT2D eigenvalue weighted by molar-refractivity contribution is 5.86. The quantitative estimate of drug-likeness (QED) is 0.266. The van der Waals surface area contributed by atoms with Gasteiger partial charge in [0.15, 0.2) is 0 Å². The van der Waals surface area contributed by atoms with Gasteiger partial charge in [-0.3, -0.25) is 0 Å². The molecule has 156 valence electrons. The summed E-state index contributed by atoms with van der Waals surface area (Å²) < 4.78 is 13.9. The van der Waals surface area contributed by atoms with Crippen LogP contribution in [0.1, 0.15) is 47.0 Å². The molecule has 7 nitrogen and oxygen atoms in total. The molecule has 0 radical (unpaired) electrons. The molecule has 0 amide bonds. The van der Waals surface area contributed by atoms with E-state index in [-0.39, 0.29) is 31.3 Å². The molecule has 0 saturated carbocycles. The smallest absolute Gasteiger partial charge is 0.333 e. The number of aliphatic hydroxyl groups excluding tert-OH is 1. The molecule has 0 aliphatic heterocycles. The molecule has 0 rings (SSSR count). The molecule has 0 aliphatic rings. The van der Waals surface area contributed by atoms with E-state index in [9.17, 15) is 14.4 Å². The zero-order valence-corrected chi connectivity index (χ0v) is 17.0. The third kappa shape index (κ3) is 25.9. The fraction of sp³-hybridized carbons (Fsp3) is 0.550. The van der Waals surface area contributed by atoms with E-state index in [1.54, 1.807) is 6.92 Å². The van der Waals surface area contributed by atoms with Gasteiger partial charge in [-0.2, -0.15) is 0 Å². The highest BCUT2D eigenvalue weighted by Crippen LogP contribution is 1.95. The molecule has 1 unspecified atom stereocenters. The summed E-state index contributed by atoms with van der Waals surface area (Å²) in [6.45, 7) is 17.7. The fourth-order valence-electron chi connectivity index (χ4n) is 0.967. The molecular formula is C20H34O7. The lowest BCUT2D eigenvalue weighted by molar-refractivity contribution is -0.142. The predicted octanol–water partition coefficient (Wildman–Crippen LogP) is 3.13. The van der Waals surface area contributed by atoms with Gasteiger partial charge >= 0.3 is 17.9 Å². The Hall–Kier alpha value is -2.41. The normalized spacial score (nSPS) is 9.81. The van der Waals surface area contributed by atoms with E-state index in [4.69, 9.17) is 9.84 Å². The Labute approximate surface area is 162 Å². The Morgan fingerprint density at radius 3 is 1.96 bits per heavy atom. The van der Waals surface area contributed by atoms with Gasteiger partial charge in [0.25, 0.3) is 0 Å². The zero-order valence-electron chi connectivity index (χ0n) is 17.0. The highest BCUT2D eigenvalue weighted by Gasteiger charge is 2.01. The first-order chi connectivity index (χ1) is 12.7. The van der Waals surface area contributed by atoms with Crippen LogP contribution in [-0.4, -0.2) is 48.9 Å². The second-order valence-corrected chi connectivity index (χ2v) is 5.22. The minimum atomic E-state index is -0.455. The van der Waals surface area contributed by atoms with Crippen molar-refractivity contribution in [2.45, 2.75) is 53.1 Å². The Morgan fingerprint density at radius 1 is 1.04 bits per heavy atom. The van der Waals surface area contributed by atoms with Crippen LogP contribution in [-0.2, 0) is 28.6 Å². The molecule has 0 heterocycles. The molecular weight excluding hydrogens is 352 g/mol. The van der Waals surface area contributed by atoms with Crippen LogP contribution in [0.3, 0.4) is 0 Å². The maximum absolute atomic E-state index is 10.5. The Balaban J connectivity index is -0.000000320. The van der Waals surface area contributed by atoms with Crippen LogP contribution in [0, 0.1) is 0 Å². The van der Waals surface area contributed by atoms with Gasteiger partial charge in [-0.1, -0.05) is 40.0 Å². The van der Waals surface area contributed by atoms with Crippen LogP contribution in [0.15, 0.2) is 37.5 Å². The molecule has 0 aliphatic carbocycles. The largest absolute Gasteiger partial charge is 0.463 e. The van der Waals surface area contributed by atoms with E-state index in [0.717, 1.165) is 19.3 Å². The number of carbonyl (C=O) groups is 3. The Kier molecular flexibility index (Phi) is 23.5. The maximum Gasteiger partial charge on any atom is 0.333 e. The van der Waals surface area contributed by atoms with Crippen LogP contribution in [0.2, 0.25) is 0 Å². The summed E-state index contributed by atoms with van der Waals surface area (Å²) in [5, 5.41) is 8.19. The average molecular weight is 386 g/mol. The number of rotatable bonds is 10. The third-order valence-corrected chi connectivity index (χ3v) is 2.64. The summed E-state index contributed by atoms with van der Waals surface area (Å²) in [5.74, 6) is -1.13. The lowest BCUT2D eigenvalue weighted by Crippen LogP contribution is -2.10. The van der Waals surface area contributed by atoms with Crippen molar-refractivity contribution in [1.29, 1.82) is 0 Å². The minimum absolute atomic E-state index is 0.00972. The maximum atomic E-state index is 10.5. The van der Waals surface area contributed by atoms with E-state index in [0.29, 0.717) is 12.2 Å². The van der Waals surface area contributed by atoms with Crippen molar-refractivity contribution in [3.63, 3.8) is 0 Å². The number of aliphatic hydroxyl groups is 1. The van der Waals surface area contributed by atoms with Crippen molar-refractivity contribution in [3.05, 3.63) is 37.5 Å². The summed E-state index contributed by atoms with van der Waals surface area (Å²) in [6, 6.07) is 0. The zero-order chi connectivity index (χ0) is 21.7. The number of ether oxygens (including phenoxy) is 3. The standard InChI is InChI=1S/2C7H12O2.C6H10O3/c1-4-6(3)9-7(8)5-2;1-3-5-6-9-7(8)4-2;1-5(2)6(8)9-4-3-7/h5-6H,2,4H2,1,3H3;4H,2-3,5-6H2,1H3;7H,1,3-4H2,2H3. The molecule has 0 spiro atoms. The molecule has 1 atom stereocenters. The van der Waals surface area contributed by atoms with Gasteiger partial charge in [-0.25, -0.2) is 14.4 Å². The first kappa shape index (κ1) is 29.4. The van der Waals surface area contributed by atoms with Crippen LogP contribution < -0.4 is 0 Å². The minimum Gasteiger partial charge on any atom is -0.463 e. The number of carbonyl (C=O) groups excluding carboxylic acids is 3. The number of unbranched alkanes of at least 4 members (excludes halogenated alkanes) is 1. The first-order valence-corrected chi connectivity index (χ1v) is 8.75. The van der Waals surface area contributed by atoms with Crippen LogP contribution in [0.4, 0.5) is 0 Å². The average Bonchev–Trinajstić information content (AvgIpc) is 2.66. The van der Waals surface area contributed by atoms with Gasteiger partial charge in [0.05, 0.1) is 19.3 Å². The predicted molar refractivity (Wildman–Crippen MR) is 105 cm³/mol. The highest BCUT2D eigenvalue weighted by atomic mass is 16.5. The molecule has 0 saturated heterocycles. The van der Waals surface area contributed by atoms with Gasteiger partial charge < -0.3 is 19.3 Å². The van der Waals surface area contributed by atoms with Gasteiger partial charge in [0.2, 0.25) is 0 Å². The van der Waals surface area contributed by atoms with Crippen LogP contribution in [0.5, 0.6) is 0 Å². The molecule has 0 aromatic rings. The van der Waals surface area contributed by atoms with Crippen molar-refractivity contribution in [2.75, 3.05) is 19.8 Å². The van der Waals surface area contributed by atoms with Gasteiger partial charge in [-0.15, -0.1) is 0 Å². The van der Waals surface area contributed by atoms with Crippen molar-refractivity contribution in [3.8, 4) is 0 Å². The molecule has 0 fully saturated rings. The third-order valence-electron chi connectivity index (χ3n) is 2.64. The summed E-state index contributed by atoms with van der Waals surface area (Å²) in [5.41, 5.74) is 0.350. The molecule has 0 aromatic carbocycles. The molecule has 0 bridgehead atoms. The number of esters is 3. The Bertz CT molecular complexity index is 453. The van der Waals surface area contributed by atoms with Gasteiger partial charge in [0.1, 0.15) is 6.61 Å². The van der Waals surface area contributed by atoms with Crippen molar-refractivity contribution in [1.82, 2.24) is 0 Å². The van der Waals surface area contributed by atoms with E-state index in [1.807, 2.05) is 20.8 Å². The second kappa shape index (κ2) is 21.6. The molecule has 0 aromatic heterocycles. The first-order valence-electron chi connectivity index (χ1n) is 8.75. The van der Waals surface area contributed by atoms with E-state index >= 15 is 0 Å². The van der Waals surface area contributed by atoms with Gasteiger partial charge in [-0.05, 0) is 26.7 Å². The van der Waals surface area contributed by atoms with E-state index < -0.39 is 5.97 Å². The van der Waals surface area contributed by atoms with Crippen molar-refractivity contribution < 1.29 is 33.7 Å². The van der Waals surface area contributed by atoms with E-state index in [1.165, 1.54) is 12.2 Å². The second-order valence-electron chi connectivity index (χ2n) is 5.22. The van der Waals surface area contributed by atoms with Gasteiger partial charge in [0, 0.05) is 17.7 Å². The summed E-state index contributed by atoms with van der Waals surface area (Å²) in [6.07, 6.45) is 5.18. The fourth-order valence-corrected chi connectivity index (χ4v) is 0.967. The Morgan fingerprint density at radius 2 is 1.59 bits per heavy atom. The topological polar surface area (TPSA) is 99.1 Å². The monoisotopic (exact) mass is 386 g/mol. The molecule has 7 heteroatoms. The number of hydrogen-bond donors (Lipinski definition) is 1. The summed E-state index contributed by atoms with van der Waals surface area (Å²) >= 11 is 0. The van der Waals surface area contributed by atoms with Crippen molar-refractivity contribution >= 4 is 17.9 Å². The van der Waals surface area contributed by atoms with Crippen LogP contribution in [0.25, 0.3) is 0 Å². The SMILES string of the molecule is C=C(C)C(=O)OCCO.C=CC(=O)OC(C)CC.C=CC(=O)OCCCC. The van der Waals surface area contributed by atoms with Crippen LogP contribution >= 0.6 is 0 Å². The molecule has 27 heavy (non-hydrogen) atoms. The van der Waals surface area contributed by atoms with Crippen molar-refractivity contribution in [2.24, 2.45) is 0 Å². The lowest BCUT2D eigenvalue weighted by atomic mass is 10.3.